The maximum Gasteiger partial charge on any atom is 0.200 e. The van der Waals surface area contributed by atoms with Crippen molar-refractivity contribution >= 4 is 15.9 Å². The number of benzene rings is 1. The molecule has 18 heavy (non-hydrogen) atoms. The molecular formula is C13H18BrF2NO. The summed E-state index contributed by atoms with van der Waals surface area (Å²) in [5, 5.41) is 3.20. The van der Waals surface area contributed by atoms with Gasteiger partial charge in [0.25, 0.3) is 0 Å². The molecule has 0 saturated carbocycles. The summed E-state index contributed by atoms with van der Waals surface area (Å²) in [6, 6.07) is 2.53. The predicted octanol–water partition coefficient (Wildman–Crippen LogP) is 3.88. The third-order valence-corrected chi connectivity index (χ3v) is 2.96. The number of hydrogen-bond acceptors (Lipinski definition) is 2. The molecule has 0 saturated heterocycles. The van der Waals surface area contributed by atoms with E-state index in [1.54, 1.807) is 0 Å². The highest BCUT2D eigenvalue weighted by Gasteiger charge is 2.13. The predicted molar refractivity (Wildman–Crippen MR) is 71.9 cm³/mol. The monoisotopic (exact) mass is 321 g/mol. The third kappa shape index (κ3) is 4.90. The van der Waals surface area contributed by atoms with Crippen molar-refractivity contribution in [3.63, 3.8) is 0 Å². The van der Waals surface area contributed by atoms with Gasteiger partial charge in [-0.3, -0.25) is 0 Å². The first-order chi connectivity index (χ1) is 8.54. The van der Waals surface area contributed by atoms with E-state index in [9.17, 15) is 8.78 Å². The molecule has 0 amide bonds. The number of ether oxygens (including phenoxy) is 1. The van der Waals surface area contributed by atoms with Crippen LogP contribution in [0.4, 0.5) is 8.78 Å². The summed E-state index contributed by atoms with van der Waals surface area (Å²) >= 11 is 3.11. The maximum atomic E-state index is 13.5. The van der Waals surface area contributed by atoms with E-state index in [1.165, 1.54) is 6.07 Å². The largest absolute Gasteiger partial charge is 0.487 e. The molecular weight excluding hydrogens is 304 g/mol. The lowest BCUT2D eigenvalue weighted by molar-refractivity contribution is 0.196. The lowest BCUT2D eigenvalue weighted by Crippen LogP contribution is -2.18. The topological polar surface area (TPSA) is 21.3 Å². The Balaban J connectivity index is 2.51. The number of rotatable bonds is 7. The van der Waals surface area contributed by atoms with Crippen LogP contribution in [0.25, 0.3) is 0 Å². The lowest BCUT2D eigenvalue weighted by atomic mass is 10.2. The quantitative estimate of drug-likeness (QED) is 0.607. The van der Waals surface area contributed by atoms with E-state index in [1.807, 2.05) is 13.8 Å². The van der Waals surface area contributed by atoms with E-state index in [2.05, 4.69) is 21.2 Å². The van der Waals surface area contributed by atoms with Crippen molar-refractivity contribution in [1.82, 2.24) is 5.32 Å². The molecule has 1 aromatic carbocycles. The van der Waals surface area contributed by atoms with Gasteiger partial charge in [0.1, 0.15) is 0 Å². The molecule has 1 aromatic rings. The fourth-order valence-electron chi connectivity index (χ4n) is 1.59. The van der Waals surface area contributed by atoms with Gasteiger partial charge >= 0.3 is 0 Å². The molecule has 0 spiro atoms. The van der Waals surface area contributed by atoms with Crippen LogP contribution in [0.3, 0.4) is 0 Å². The van der Waals surface area contributed by atoms with Crippen LogP contribution in [0.5, 0.6) is 5.75 Å². The Labute approximate surface area is 115 Å². The van der Waals surface area contributed by atoms with Crippen molar-refractivity contribution < 1.29 is 13.5 Å². The van der Waals surface area contributed by atoms with Crippen molar-refractivity contribution in [2.24, 2.45) is 0 Å². The minimum absolute atomic E-state index is 0.0437. The molecule has 102 valence electrons. The zero-order chi connectivity index (χ0) is 13.5. The molecule has 2 nitrogen and oxygen atoms in total. The first kappa shape index (κ1) is 15.4. The SMILES string of the molecule is CCNCCCC(C)Oc1cc(Br)cc(F)c1F. The van der Waals surface area contributed by atoms with Crippen molar-refractivity contribution in [2.75, 3.05) is 13.1 Å². The summed E-state index contributed by atoms with van der Waals surface area (Å²) in [6.45, 7) is 5.73. The van der Waals surface area contributed by atoms with Crippen LogP contribution in [0.2, 0.25) is 0 Å². The van der Waals surface area contributed by atoms with Crippen LogP contribution in [0.1, 0.15) is 26.7 Å². The number of hydrogen-bond donors (Lipinski definition) is 1. The molecule has 1 atom stereocenters. The molecule has 0 aliphatic heterocycles. The zero-order valence-electron chi connectivity index (χ0n) is 10.6. The Morgan fingerprint density at radius 2 is 2.11 bits per heavy atom. The molecule has 0 heterocycles. The second kappa shape index (κ2) is 7.69. The highest BCUT2D eigenvalue weighted by molar-refractivity contribution is 9.10. The average Bonchev–Trinajstić information content (AvgIpc) is 2.31. The molecule has 1 N–H and O–H groups in total. The van der Waals surface area contributed by atoms with Gasteiger partial charge in [-0.15, -0.1) is 0 Å². The highest BCUT2D eigenvalue weighted by Crippen LogP contribution is 2.26. The van der Waals surface area contributed by atoms with Crippen molar-refractivity contribution in [1.29, 1.82) is 0 Å². The van der Waals surface area contributed by atoms with Gasteiger partial charge in [0.15, 0.2) is 11.6 Å². The van der Waals surface area contributed by atoms with E-state index < -0.39 is 11.6 Å². The molecule has 0 radical (unpaired) electrons. The maximum absolute atomic E-state index is 13.5. The summed E-state index contributed by atoms with van der Waals surface area (Å²) in [7, 11) is 0. The molecule has 1 rings (SSSR count). The smallest absolute Gasteiger partial charge is 0.200 e. The standard InChI is InChI=1S/C13H18BrF2NO/c1-3-17-6-4-5-9(2)18-12-8-10(14)7-11(15)13(12)16/h7-9,17H,3-6H2,1-2H3. The Hall–Kier alpha value is -0.680. The first-order valence-corrected chi connectivity index (χ1v) is 6.85. The van der Waals surface area contributed by atoms with Gasteiger partial charge in [0.05, 0.1) is 6.10 Å². The summed E-state index contributed by atoms with van der Waals surface area (Å²) in [5.41, 5.74) is 0. The lowest BCUT2D eigenvalue weighted by Gasteiger charge is -2.15. The van der Waals surface area contributed by atoms with Crippen LogP contribution < -0.4 is 10.1 Å². The van der Waals surface area contributed by atoms with Crippen LogP contribution in [0.15, 0.2) is 16.6 Å². The number of nitrogens with one attached hydrogen (secondary N) is 1. The normalized spacial score (nSPS) is 12.5. The van der Waals surface area contributed by atoms with Crippen LogP contribution >= 0.6 is 15.9 Å². The van der Waals surface area contributed by atoms with Gasteiger partial charge in [-0.1, -0.05) is 22.9 Å². The molecule has 0 fully saturated rings. The molecule has 0 aliphatic carbocycles. The van der Waals surface area contributed by atoms with E-state index in [-0.39, 0.29) is 11.9 Å². The number of halogens is 3. The highest BCUT2D eigenvalue weighted by atomic mass is 79.9. The van der Waals surface area contributed by atoms with Crippen LogP contribution in [-0.2, 0) is 0 Å². The zero-order valence-corrected chi connectivity index (χ0v) is 12.2. The summed E-state index contributed by atoms with van der Waals surface area (Å²) in [5.74, 6) is -1.88. The van der Waals surface area contributed by atoms with E-state index in [0.717, 1.165) is 32.0 Å². The Kier molecular flexibility index (Phi) is 6.57. The van der Waals surface area contributed by atoms with Gasteiger partial charge in [0.2, 0.25) is 5.82 Å². The van der Waals surface area contributed by atoms with Gasteiger partial charge in [-0.25, -0.2) is 4.39 Å². The third-order valence-electron chi connectivity index (χ3n) is 2.50. The molecule has 5 heteroatoms. The Morgan fingerprint density at radius 3 is 2.78 bits per heavy atom. The molecule has 0 aromatic heterocycles. The van der Waals surface area contributed by atoms with Crippen molar-refractivity contribution in [3.05, 3.63) is 28.2 Å². The van der Waals surface area contributed by atoms with E-state index in [0.29, 0.717) is 4.47 Å². The average molecular weight is 322 g/mol. The van der Waals surface area contributed by atoms with Gasteiger partial charge in [0, 0.05) is 4.47 Å². The Bertz CT molecular complexity index is 387. The van der Waals surface area contributed by atoms with Crippen LogP contribution in [-0.4, -0.2) is 19.2 Å². The van der Waals surface area contributed by atoms with Gasteiger partial charge in [-0.05, 0) is 45.0 Å². The minimum atomic E-state index is -0.934. The second-order valence-electron chi connectivity index (χ2n) is 4.12. The molecule has 1 unspecified atom stereocenters. The van der Waals surface area contributed by atoms with Crippen LogP contribution in [0, 0.1) is 11.6 Å². The van der Waals surface area contributed by atoms with Gasteiger partial charge in [-0.2, -0.15) is 4.39 Å². The summed E-state index contributed by atoms with van der Waals surface area (Å²) < 4.78 is 32.5. The minimum Gasteiger partial charge on any atom is -0.487 e. The molecule has 0 bridgehead atoms. The van der Waals surface area contributed by atoms with Gasteiger partial charge < -0.3 is 10.1 Å². The van der Waals surface area contributed by atoms with Crippen molar-refractivity contribution in [2.45, 2.75) is 32.8 Å². The van der Waals surface area contributed by atoms with Crippen molar-refractivity contribution in [3.8, 4) is 5.75 Å². The summed E-state index contributed by atoms with van der Waals surface area (Å²) in [4.78, 5) is 0. The second-order valence-corrected chi connectivity index (χ2v) is 5.04. The molecule has 0 aliphatic rings. The Morgan fingerprint density at radius 1 is 1.39 bits per heavy atom. The van der Waals surface area contributed by atoms with E-state index >= 15 is 0 Å². The first-order valence-electron chi connectivity index (χ1n) is 6.06. The fraction of sp³-hybridized carbons (Fsp3) is 0.538. The van der Waals surface area contributed by atoms with E-state index in [4.69, 9.17) is 4.74 Å². The summed E-state index contributed by atoms with van der Waals surface area (Å²) in [6.07, 6.45) is 1.58. The fourth-order valence-corrected chi connectivity index (χ4v) is 1.99.